The molecule has 0 aromatic rings. The largest absolute Gasteiger partial charge is 0.480 e. The Bertz CT molecular complexity index is 140. The van der Waals surface area contributed by atoms with Crippen LogP contribution in [-0.4, -0.2) is 57.4 Å². The van der Waals surface area contributed by atoms with E-state index in [9.17, 15) is 4.79 Å². The molecule has 0 aromatic heterocycles. The Balaban J connectivity index is -0.0000000533. The lowest BCUT2D eigenvalue weighted by atomic mass is 10.6. The zero-order chi connectivity index (χ0) is 7.44. The van der Waals surface area contributed by atoms with E-state index in [1.807, 2.05) is 0 Å². The van der Waals surface area contributed by atoms with Gasteiger partial charge in [-0.2, -0.15) is 0 Å². The van der Waals surface area contributed by atoms with Crippen LogP contribution >= 0.6 is 0 Å². The second-order valence-electron chi connectivity index (χ2n) is 1.64. The molecule has 9 nitrogen and oxygen atoms in total. The number of rotatable bonds is 2. The molecule has 0 bridgehead atoms. The Morgan fingerprint density at radius 3 is 1.77 bits per heavy atom. The second kappa shape index (κ2) is 13.2. The molecule has 0 spiro atoms. The van der Waals surface area contributed by atoms with E-state index in [0.29, 0.717) is 0 Å². The second-order valence-corrected chi connectivity index (χ2v) is 1.64. The van der Waals surface area contributed by atoms with Gasteiger partial charge in [-0.1, -0.05) is 0 Å². The van der Waals surface area contributed by atoms with Crippen LogP contribution < -0.4 is 5.73 Å². The van der Waals surface area contributed by atoms with Crippen molar-refractivity contribution < 1.29 is 31.8 Å². The first-order chi connectivity index (χ1) is 4.04. The third kappa shape index (κ3) is 18.0. The average molecular weight is 203 g/mol. The number of hydrogen-bond donors (Lipinski definition) is 3. The molecule has 0 saturated carbocycles. The highest BCUT2D eigenvalue weighted by molar-refractivity contribution is 5.79. The van der Waals surface area contributed by atoms with Gasteiger partial charge in [0, 0.05) is 7.05 Å². The molecule has 12 N–H and O–H groups in total. The number of nitrogens with two attached hydrogens (primary N) is 1. The van der Waals surface area contributed by atoms with Crippen molar-refractivity contribution in [3.8, 4) is 0 Å². The molecule has 0 rings (SSSR count). The van der Waals surface area contributed by atoms with Gasteiger partial charge in [0.1, 0.15) is 6.54 Å². The standard InChI is InChI=1S/C4H9N3O2.4H2O/c1-7(4(5)6)2-3(8)9;;;;/h2H2,1H3,(H3,5,6)(H,8,9);4*1H2. The number of likely N-dealkylation sites (N-methyl/N-ethyl adjacent to an activating group) is 1. The van der Waals surface area contributed by atoms with Crippen molar-refractivity contribution in [2.45, 2.75) is 0 Å². The van der Waals surface area contributed by atoms with Gasteiger partial charge in [0.05, 0.1) is 0 Å². The first-order valence-corrected chi connectivity index (χ1v) is 2.31. The number of carbonyl (C=O) groups is 1. The number of aliphatic carboxylic acids is 1. The summed E-state index contributed by atoms with van der Waals surface area (Å²) >= 11 is 0. The van der Waals surface area contributed by atoms with Crippen molar-refractivity contribution in [2.75, 3.05) is 13.6 Å². The van der Waals surface area contributed by atoms with Gasteiger partial charge in [-0.25, -0.2) is 0 Å². The Hall–Kier alpha value is -1.42. The summed E-state index contributed by atoms with van der Waals surface area (Å²) in [5.74, 6) is -1.23. The molecule has 0 aliphatic heterocycles. The predicted octanol–water partition coefficient (Wildman–Crippen LogP) is -4.40. The molecule has 0 saturated heterocycles. The van der Waals surface area contributed by atoms with E-state index in [-0.39, 0.29) is 34.4 Å². The lowest BCUT2D eigenvalue weighted by Crippen LogP contribution is -2.36. The van der Waals surface area contributed by atoms with Crippen molar-refractivity contribution >= 4 is 11.9 Å². The molecule has 0 radical (unpaired) electrons. The van der Waals surface area contributed by atoms with Gasteiger partial charge in [-0.3, -0.25) is 10.2 Å². The fraction of sp³-hybridized carbons (Fsp3) is 0.500. The Morgan fingerprint density at radius 1 is 1.38 bits per heavy atom. The van der Waals surface area contributed by atoms with Gasteiger partial charge in [0.15, 0.2) is 5.96 Å². The van der Waals surface area contributed by atoms with Crippen LogP contribution in [0.25, 0.3) is 0 Å². The number of hydrogen-bond acceptors (Lipinski definition) is 2. The number of carboxylic acids is 1. The number of guanidine groups is 1. The normalized spacial score (nSPS) is 5.92. The van der Waals surface area contributed by atoms with Crippen molar-refractivity contribution in [3.63, 3.8) is 0 Å². The summed E-state index contributed by atoms with van der Waals surface area (Å²) in [6, 6.07) is 0. The lowest BCUT2D eigenvalue weighted by molar-refractivity contribution is -0.137. The molecule has 0 atom stereocenters. The molecule has 84 valence electrons. The van der Waals surface area contributed by atoms with Gasteiger partial charge >= 0.3 is 5.97 Å². The molecule has 0 fully saturated rings. The van der Waals surface area contributed by atoms with E-state index in [1.165, 1.54) is 7.05 Å². The Morgan fingerprint density at radius 2 is 1.69 bits per heavy atom. The Kier molecular flexibility index (Phi) is 30.4. The summed E-state index contributed by atoms with van der Waals surface area (Å²) in [4.78, 5) is 11.0. The smallest absolute Gasteiger partial charge is 0.323 e. The summed E-state index contributed by atoms with van der Waals surface area (Å²) in [5.41, 5.74) is 4.93. The van der Waals surface area contributed by atoms with Crippen LogP contribution in [0.15, 0.2) is 0 Å². The number of carboxylic acid groups (broad SMARTS) is 1. The minimum atomic E-state index is -0.993. The minimum Gasteiger partial charge on any atom is -0.480 e. The first kappa shape index (κ1) is 29.9. The van der Waals surface area contributed by atoms with E-state index < -0.39 is 5.97 Å². The highest BCUT2D eigenvalue weighted by Crippen LogP contribution is 1.76. The molecule has 9 heteroatoms. The zero-order valence-corrected chi connectivity index (χ0v) is 7.09. The van der Waals surface area contributed by atoms with Gasteiger partial charge in [-0.15, -0.1) is 0 Å². The van der Waals surface area contributed by atoms with E-state index in [4.69, 9.17) is 16.2 Å². The maximum atomic E-state index is 9.92. The lowest BCUT2D eigenvalue weighted by Gasteiger charge is -2.12. The highest BCUT2D eigenvalue weighted by atomic mass is 16.4. The SMILES string of the molecule is CN(CC(=O)O)C(=N)N.O.O.O.O. The maximum Gasteiger partial charge on any atom is 0.323 e. The summed E-state index contributed by atoms with van der Waals surface area (Å²) in [5, 5.41) is 14.9. The van der Waals surface area contributed by atoms with Gasteiger partial charge in [-0.05, 0) is 0 Å². The molecular weight excluding hydrogens is 186 g/mol. The van der Waals surface area contributed by atoms with Crippen molar-refractivity contribution in [1.29, 1.82) is 5.41 Å². The molecule has 0 aromatic carbocycles. The van der Waals surface area contributed by atoms with Crippen LogP contribution in [0.1, 0.15) is 0 Å². The van der Waals surface area contributed by atoms with E-state index in [0.717, 1.165) is 4.90 Å². The van der Waals surface area contributed by atoms with Crippen LogP contribution in [0, 0.1) is 5.41 Å². The molecule has 0 amide bonds. The molecular formula is C4H17N3O6. The molecule has 0 heterocycles. The monoisotopic (exact) mass is 203 g/mol. The van der Waals surface area contributed by atoms with Crippen LogP contribution in [0.4, 0.5) is 0 Å². The number of nitrogens with zero attached hydrogens (tertiary/aromatic N) is 1. The quantitative estimate of drug-likeness (QED) is 0.299. The van der Waals surface area contributed by atoms with Crippen molar-refractivity contribution in [2.24, 2.45) is 5.73 Å². The van der Waals surface area contributed by atoms with Crippen LogP contribution in [0.2, 0.25) is 0 Å². The average Bonchev–Trinajstić information content (AvgIpc) is 1.63. The summed E-state index contributed by atoms with van der Waals surface area (Å²) < 4.78 is 0. The van der Waals surface area contributed by atoms with E-state index in [2.05, 4.69) is 0 Å². The minimum absolute atomic E-state index is 0. The van der Waals surface area contributed by atoms with Crippen LogP contribution in [0.5, 0.6) is 0 Å². The van der Waals surface area contributed by atoms with Gasteiger partial charge in [0.25, 0.3) is 0 Å². The first-order valence-electron chi connectivity index (χ1n) is 2.31. The molecule has 13 heavy (non-hydrogen) atoms. The van der Waals surface area contributed by atoms with E-state index in [1.54, 1.807) is 0 Å². The molecule has 0 aliphatic carbocycles. The summed E-state index contributed by atoms with van der Waals surface area (Å²) in [6.45, 7) is -0.227. The van der Waals surface area contributed by atoms with Crippen LogP contribution in [-0.2, 0) is 4.79 Å². The van der Waals surface area contributed by atoms with Crippen LogP contribution in [0.3, 0.4) is 0 Å². The summed E-state index contributed by atoms with van der Waals surface area (Å²) in [6.07, 6.45) is 0. The summed E-state index contributed by atoms with van der Waals surface area (Å²) in [7, 11) is 1.44. The fourth-order valence-corrected chi connectivity index (χ4v) is 0.288. The van der Waals surface area contributed by atoms with E-state index >= 15 is 0 Å². The van der Waals surface area contributed by atoms with Crippen molar-refractivity contribution in [1.82, 2.24) is 4.90 Å². The fourth-order valence-electron chi connectivity index (χ4n) is 0.288. The third-order valence-electron chi connectivity index (χ3n) is 0.784. The number of nitrogens with one attached hydrogen (secondary N) is 1. The topological polar surface area (TPSA) is 216 Å². The Labute approximate surface area is 74.5 Å². The molecule has 0 unspecified atom stereocenters. The van der Waals surface area contributed by atoms with Gasteiger partial charge in [0.2, 0.25) is 0 Å². The highest BCUT2D eigenvalue weighted by Gasteiger charge is 2.03. The predicted molar refractivity (Wildman–Crippen MR) is 46.6 cm³/mol. The molecule has 0 aliphatic rings. The zero-order valence-electron chi connectivity index (χ0n) is 7.09. The van der Waals surface area contributed by atoms with Crippen molar-refractivity contribution in [3.05, 3.63) is 0 Å². The van der Waals surface area contributed by atoms with Gasteiger partial charge < -0.3 is 37.6 Å². The maximum absolute atomic E-state index is 9.92. The third-order valence-corrected chi connectivity index (χ3v) is 0.784.